The van der Waals surface area contributed by atoms with Gasteiger partial charge in [-0.25, -0.2) is 4.98 Å². The van der Waals surface area contributed by atoms with Crippen molar-refractivity contribution in [2.24, 2.45) is 5.92 Å². The van der Waals surface area contributed by atoms with Crippen molar-refractivity contribution in [2.45, 2.75) is 33.6 Å². The molecule has 0 aliphatic rings. The number of pyridine rings is 1. The summed E-state index contributed by atoms with van der Waals surface area (Å²) in [7, 11) is 0. The molecule has 0 radical (unpaired) electrons. The van der Waals surface area contributed by atoms with Crippen LogP contribution in [0.25, 0.3) is 10.9 Å². The van der Waals surface area contributed by atoms with Crippen LogP contribution in [0.15, 0.2) is 30.3 Å². The van der Waals surface area contributed by atoms with Crippen LogP contribution in [0.5, 0.6) is 0 Å². The predicted molar refractivity (Wildman–Crippen MR) is 88.7 cm³/mol. The van der Waals surface area contributed by atoms with Gasteiger partial charge in [-0.3, -0.25) is 0 Å². The van der Waals surface area contributed by atoms with Gasteiger partial charge in [-0.05, 0) is 49.1 Å². The number of anilines is 1. The first-order valence-corrected chi connectivity index (χ1v) is 7.79. The van der Waals surface area contributed by atoms with Gasteiger partial charge in [-0.1, -0.05) is 32.4 Å². The highest BCUT2D eigenvalue weighted by Crippen LogP contribution is 2.22. The van der Waals surface area contributed by atoms with E-state index < -0.39 is 0 Å². The molecule has 0 aliphatic carbocycles. The van der Waals surface area contributed by atoms with Crippen LogP contribution in [0.1, 0.15) is 33.6 Å². The average molecular weight is 291 g/mol. The largest absolute Gasteiger partial charge is 0.357 e. The fourth-order valence-electron chi connectivity index (χ4n) is 2.29. The molecule has 2 aromatic rings. The highest BCUT2D eigenvalue weighted by Gasteiger charge is 2.09. The molecule has 0 atom stereocenters. The van der Waals surface area contributed by atoms with Gasteiger partial charge in [-0.2, -0.15) is 0 Å². The quantitative estimate of drug-likeness (QED) is 0.731. The van der Waals surface area contributed by atoms with E-state index in [1.54, 1.807) is 0 Å². The van der Waals surface area contributed by atoms with E-state index in [4.69, 9.17) is 16.6 Å². The Morgan fingerprint density at radius 3 is 2.65 bits per heavy atom. The molecule has 1 aromatic heterocycles. The SMILES string of the molecule is CCCN(CCC(C)C)c1ccc2cc(Cl)ccc2n1. The second-order valence-electron chi connectivity index (χ2n) is 5.68. The van der Waals surface area contributed by atoms with E-state index in [1.165, 1.54) is 6.42 Å². The molecule has 0 aliphatic heterocycles. The summed E-state index contributed by atoms with van der Waals surface area (Å²) >= 11 is 6.02. The van der Waals surface area contributed by atoms with Crippen molar-refractivity contribution in [1.82, 2.24) is 4.98 Å². The monoisotopic (exact) mass is 290 g/mol. The van der Waals surface area contributed by atoms with Crippen molar-refractivity contribution < 1.29 is 0 Å². The van der Waals surface area contributed by atoms with Crippen LogP contribution in [0.2, 0.25) is 5.02 Å². The molecule has 0 bridgehead atoms. The zero-order valence-corrected chi connectivity index (χ0v) is 13.3. The Morgan fingerprint density at radius 2 is 1.95 bits per heavy atom. The third-order valence-corrected chi connectivity index (χ3v) is 3.67. The van der Waals surface area contributed by atoms with E-state index >= 15 is 0 Å². The number of rotatable bonds is 6. The maximum absolute atomic E-state index is 6.02. The number of fused-ring (bicyclic) bond motifs is 1. The number of hydrogen-bond donors (Lipinski definition) is 0. The third-order valence-electron chi connectivity index (χ3n) is 3.43. The van der Waals surface area contributed by atoms with Gasteiger partial charge in [0.2, 0.25) is 0 Å². The minimum atomic E-state index is 0.716. The average Bonchev–Trinajstić information content (AvgIpc) is 2.42. The van der Waals surface area contributed by atoms with Gasteiger partial charge in [0.05, 0.1) is 5.52 Å². The van der Waals surface area contributed by atoms with Crippen LogP contribution >= 0.6 is 11.6 Å². The molecule has 1 heterocycles. The number of aromatic nitrogens is 1. The number of nitrogens with zero attached hydrogens (tertiary/aromatic N) is 2. The second-order valence-corrected chi connectivity index (χ2v) is 6.11. The summed E-state index contributed by atoms with van der Waals surface area (Å²) in [5, 5.41) is 1.86. The van der Waals surface area contributed by atoms with Crippen molar-refractivity contribution in [3.8, 4) is 0 Å². The van der Waals surface area contributed by atoms with Crippen molar-refractivity contribution in [2.75, 3.05) is 18.0 Å². The number of hydrogen-bond acceptors (Lipinski definition) is 2. The first kappa shape index (κ1) is 15.1. The van der Waals surface area contributed by atoms with Gasteiger partial charge >= 0.3 is 0 Å². The molecule has 0 spiro atoms. The van der Waals surface area contributed by atoms with Gasteiger partial charge in [0.25, 0.3) is 0 Å². The lowest BCUT2D eigenvalue weighted by molar-refractivity contribution is 0.568. The Hall–Kier alpha value is -1.28. The van der Waals surface area contributed by atoms with Gasteiger partial charge in [0.1, 0.15) is 5.82 Å². The molecule has 2 rings (SSSR count). The molecular formula is C17H23ClN2. The topological polar surface area (TPSA) is 16.1 Å². The molecular weight excluding hydrogens is 268 g/mol. The van der Waals surface area contributed by atoms with Crippen LogP contribution < -0.4 is 4.90 Å². The number of halogens is 1. The predicted octanol–water partition coefficient (Wildman–Crippen LogP) is 5.15. The van der Waals surface area contributed by atoms with Crippen molar-refractivity contribution in [3.63, 3.8) is 0 Å². The highest BCUT2D eigenvalue weighted by molar-refractivity contribution is 6.31. The van der Waals surface area contributed by atoms with E-state index in [0.29, 0.717) is 5.92 Å². The second kappa shape index (κ2) is 6.94. The Labute approximate surface area is 126 Å². The Bertz CT molecular complexity index is 566. The van der Waals surface area contributed by atoms with Crippen LogP contribution in [0, 0.1) is 5.92 Å². The first-order chi connectivity index (χ1) is 9.60. The number of benzene rings is 1. The molecule has 0 fully saturated rings. The smallest absolute Gasteiger partial charge is 0.129 e. The summed E-state index contributed by atoms with van der Waals surface area (Å²) in [5.41, 5.74) is 1.01. The van der Waals surface area contributed by atoms with E-state index in [9.17, 15) is 0 Å². The lowest BCUT2D eigenvalue weighted by atomic mass is 10.1. The van der Waals surface area contributed by atoms with Crippen LogP contribution in [-0.4, -0.2) is 18.1 Å². The van der Waals surface area contributed by atoms with Gasteiger partial charge in [-0.15, -0.1) is 0 Å². The zero-order valence-electron chi connectivity index (χ0n) is 12.6. The molecule has 0 saturated heterocycles. The molecule has 0 unspecified atom stereocenters. The summed E-state index contributed by atoms with van der Waals surface area (Å²) in [5.74, 6) is 1.79. The molecule has 20 heavy (non-hydrogen) atoms. The molecule has 3 heteroatoms. The van der Waals surface area contributed by atoms with Crippen molar-refractivity contribution >= 4 is 28.3 Å². The minimum Gasteiger partial charge on any atom is -0.357 e. The van der Waals surface area contributed by atoms with Crippen LogP contribution in [0.4, 0.5) is 5.82 Å². The standard InChI is InChI=1S/C17H23ClN2/c1-4-10-20(11-9-13(2)3)17-8-5-14-12-15(18)6-7-16(14)19-17/h5-8,12-13H,4,9-11H2,1-3H3. The normalized spacial score (nSPS) is 11.2. The summed E-state index contributed by atoms with van der Waals surface area (Å²) in [6.07, 6.45) is 2.33. The molecule has 0 saturated carbocycles. The van der Waals surface area contributed by atoms with E-state index in [1.807, 2.05) is 18.2 Å². The zero-order chi connectivity index (χ0) is 14.5. The molecule has 1 aromatic carbocycles. The molecule has 2 nitrogen and oxygen atoms in total. The maximum atomic E-state index is 6.02. The summed E-state index contributed by atoms with van der Waals surface area (Å²) < 4.78 is 0. The van der Waals surface area contributed by atoms with Crippen LogP contribution in [-0.2, 0) is 0 Å². The lowest BCUT2D eigenvalue weighted by Crippen LogP contribution is -2.27. The Kier molecular flexibility index (Phi) is 5.24. The third kappa shape index (κ3) is 3.86. The Balaban J connectivity index is 2.25. The fourth-order valence-corrected chi connectivity index (χ4v) is 2.47. The lowest BCUT2D eigenvalue weighted by Gasteiger charge is -2.24. The van der Waals surface area contributed by atoms with Crippen molar-refractivity contribution in [1.29, 1.82) is 0 Å². The van der Waals surface area contributed by atoms with E-state index in [2.05, 4.69) is 37.8 Å². The summed E-state index contributed by atoms with van der Waals surface area (Å²) in [6.45, 7) is 8.86. The first-order valence-electron chi connectivity index (χ1n) is 7.41. The van der Waals surface area contributed by atoms with Crippen LogP contribution in [0.3, 0.4) is 0 Å². The van der Waals surface area contributed by atoms with E-state index in [-0.39, 0.29) is 0 Å². The molecule has 0 amide bonds. The van der Waals surface area contributed by atoms with Gasteiger partial charge in [0, 0.05) is 23.5 Å². The fraction of sp³-hybridized carbons (Fsp3) is 0.471. The molecule has 0 N–H and O–H groups in total. The molecule has 108 valence electrons. The maximum Gasteiger partial charge on any atom is 0.129 e. The van der Waals surface area contributed by atoms with Crippen molar-refractivity contribution in [3.05, 3.63) is 35.4 Å². The Morgan fingerprint density at radius 1 is 1.15 bits per heavy atom. The minimum absolute atomic E-state index is 0.716. The highest BCUT2D eigenvalue weighted by atomic mass is 35.5. The van der Waals surface area contributed by atoms with E-state index in [0.717, 1.165) is 41.3 Å². The van der Waals surface area contributed by atoms with Gasteiger partial charge in [0.15, 0.2) is 0 Å². The summed E-state index contributed by atoms with van der Waals surface area (Å²) in [6, 6.07) is 10.1. The summed E-state index contributed by atoms with van der Waals surface area (Å²) in [4.78, 5) is 7.16. The van der Waals surface area contributed by atoms with Gasteiger partial charge < -0.3 is 4.90 Å².